The third kappa shape index (κ3) is 17.7. The summed E-state index contributed by atoms with van der Waals surface area (Å²) in [5.41, 5.74) is 0. The van der Waals surface area contributed by atoms with Crippen LogP contribution in [0.5, 0.6) is 0 Å². The van der Waals surface area contributed by atoms with Crippen LogP contribution in [0, 0.1) is 41.9 Å². The maximum atomic E-state index is 11.4. The van der Waals surface area contributed by atoms with Gasteiger partial charge in [0.1, 0.15) is 18.0 Å². The first kappa shape index (κ1) is 33.7. The van der Waals surface area contributed by atoms with E-state index in [1.54, 1.807) is 38.2 Å². The Balaban J connectivity index is 0.000000484. The van der Waals surface area contributed by atoms with Gasteiger partial charge in [-0.05, 0) is 73.9 Å². The molecule has 0 saturated carbocycles. The summed E-state index contributed by atoms with van der Waals surface area (Å²) in [7, 11) is 0. The van der Waals surface area contributed by atoms with Crippen LogP contribution in [-0.4, -0.2) is 39.8 Å². The van der Waals surface area contributed by atoms with Crippen molar-refractivity contribution in [3.63, 3.8) is 0 Å². The Morgan fingerprint density at radius 3 is 1.65 bits per heavy atom. The summed E-state index contributed by atoms with van der Waals surface area (Å²) < 4.78 is 0. The number of aliphatic hydroxyl groups is 2. The normalized spacial score (nSPS) is 11.2. The van der Waals surface area contributed by atoms with Crippen LogP contribution in [0.4, 0.5) is 0 Å². The van der Waals surface area contributed by atoms with Crippen molar-refractivity contribution in [3.05, 3.63) is 67.2 Å². The zero-order chi connectivity index (χ0) is 28.2. The van der Waals surface area contributed by atoms with Gasteiger partial charge in [0, 0.05) is 6.92 Å². The van der Waals surface area contributed by atoms with Crippen molar-refractivity contribution >= 4 is 51.4 Å². The highest BCUT2D eigenvalue weighted by molar-refractivity contribution is 7.12. The van der Waals surface area contributed by atoms with Gasteiger partial charge < -0.3 is 10.2 Å². The Kier molecular flexibility index (Phi) is 18.1. The fourth-order valence-electron chi connectivity index (χ4n) is 1.84. The molecule has 5 nitrogen and oxygen atoms in total. The number of thiophene rings is 3. The minimum Gasteiger partial charge on any atom is -0.381 e. The molecule has 3 atom stereocenters. The maximum Gasteiger partial charge on any atom is 0.202 e. The highest BCUT2D eigenvalue weighted by Crippen LogP contribution is 2.14. The second-order valence-corrected chi connectivity index (χ2v) is 10.1. The molecule has 3 aromatic rings. The van der Waals surface area contributed by atoms with Gasteiger partial charge in [0.15, 0.2) is 5.78 Å². The minimum atomic E-state index is -0.588. The van der Waals surface area contributed by atoms with E-state index >= 15 is 0 Å². The summed E-state index contributed by atoms with van der Waals surface area (Å²) >= 11 is 4.49. The van der Waals surface area contributed by atoms with Gasteiger partial charge in [-0.2, -0.15) is 0 Å². The molecule has 0 radical (unpaired) electrons. The standard InChI is InChI=1S/C9H10O2S.C8H8OS.C8H6OS.C4H6O/c1-6(7(2)10)9(11)8-4-3-5-12-8;2*1-7(9)4-5-8-3-2-6-10-8;1-3-4(2)5/h3-6H,1-2H3;2-3,6-7,9H,1H3;2-3,6H,1H3;1,4-5H,2H3. The van der Waals surface area contributed by atoms with Gasteiger partial charge >= 0.3 is 0 Å². The Hall–Kier alpha value is -3.29. The van der Waals surface area contributed by atoms with Crippen LogP contribution in [-0.2, 0) is 9.59 Å². The molecule has 3 aromatic heterocycles. The second kappa shape index (κ2) is 19.8. The molecule has 0 amide bonds. The van der Waals surface area contributed by atoms with Crippen LogP contribution >= 0.6 is 34.0 Å². The molecule has 0 spiro atoms. The Bertz CT molecular complexity index is 1220. The lowest BCUT2D eigenvalue weighted by Crippen LogP contribution is -2.17. The highest BCUT2D eigenvalue weighted by atomic mass is 32.1. The number of aliphatic hydroxyl groups excluding tert-OH is 2. The number of rotatable bonds is 3. The van der Waals surface area contributed by atoms with Crippen molar-refractivity contribution in [2.24, 2.45) is 5.92 Å². The first-order chi connectivity index (χ1) is 17.5. The number of Topliss-reactive ketones (excluding diaryl/α,β-unsaturated/α-hetero) is 3. The quantitative estimate of drug-likeness (QED) is 0.260. The van der Waals surface area contributed by atoms with Gasteiger partial charge in [-0.3, -0.25) is 14.4 Å². The van der Waals surface area contributed by atoms with Crippen LogP contribution in [0.3, 0.4) is 0 Å². The third-order valence-corrected chi connectivity index (χ3v) is 6.27. The monoisotopic (exact) mass is 554 g/mol. The minimum absolute atomic E-state index is 0.0718. The predicted molar refractivity (Wildman–Crippen MR) is 154 cm³/mol. The van der Waals surface area contributed by atoms with E-state index in [1.807, 2.05) is 46.5 Å². The summed E-state index contributed by atoms with van der Waals surface area (Å²) in [6, 6.07) is 11.2. The summed E-state index contributed by atoms with van der Waals surface area (Å²) in [5.74, 6) is 12.1. The molecule has 0 aromatic carbocycles. The van der Waals surface area contributed by atoms with Crippen LogP contribution in [0.1, 0.15) is 54.0 Å². The molecule has 2 N–H and O–H groups in total. The molecule has 0 fully saturated rings. The second-order valence-electron chi connectivity index (χ2n) is 7.22. The van der Waals surface area contributed by atoms with E-state index in [0.29, 0.717) is 4.88 Å². The van der Waals surface area contributed by atoms with Crippen LogP contribution in [0.25, 0.3) is 0 Å². The average Bonchev–Trinajstić information content (AvgIpc) is 3.65. The Labute approximate surface area is 231 Å². The van der Waals surface area contributed by atoms with E-state index in [-0.39, 0.29) is 17.3 Å². The molecule has 0 saturated heterocycles. The zero-order valence-electron chi connectivity index (χ0n) is 21.3. The van der Waals surface area contributed by atoms with Gasteiger partial charge in [0.05, 0.1) is 20.5 Å². The summed E-state index contributed by atoms with van der Waals surface area (Å²) in [6.07, 6.45) is 3.56. The summed E-state index contributed by atoms with van der Waals surface area (Å²) in [5, 5.41) is 22.6. The van der Waals surface area contributed by atoms with Crippen LogP contribution < -0.4 is 0 Å². The van der Waals surface area contributed by atoms with E-state index in [1.165, 1.54) is 36.5 Å². The number of terminal acetylenes is 1. The molecule has 8 heteroatoms. The van der Waals surface area contributed by atoms with E-state index in [2.05, 4.69) is 36.0 Å². The van der Waals surface area contributed by atoms with Gasteiger partial charge in [0.2, 0.25) is 5.78 Å². The predicted octanol–water partition coefficient (Wildman–Crippen LogP) is 5.33. The smallest absolute Gasteiger partial charge is 0.202 e. The van der Waals surface area contributed by atoms with Crippen molar-refractivity contribution in [1.29, 1.82) is 0 Å². The van der Waals surface area contributed by atoms with Gasteiger partial charge in [-0.1, -0.05) is 36.0 Å². The SMILES string of the molecule is C#CC(C)O.CC(=O)C#Cc1cccs1.CC(=O)C(C)C(=O)c1cccs1.CC(O)C#Cc1cccs1. The molecular weight excluding hydrogens is 525 g/mol. The fraction of sp³-hybridized carbons (Fsp3) is 0.276. The van der Waals surface area contributed by atoms with Gasteiger partial charge in [-0.15, -0.1) is 40.4 Å². The number of ketones is 3. The van der Waals surface area contributed by atoms with Crippen LogP contribution in [0.15, 0.2) is 52.5 Å². The first-order valence-corrected chi connectivity index (χ1v) is 13.6. The Morgan fingerprint density at radius 1 is 0.811 bits per heavy atom. The molecule has 3 unspecified atom stereocenters. The van der Waals surface area contributed by atoms with Crippen molar-refractivity contribution < 1.29 is 24.6 Å². The van der Waals surface area contributed by atoms with E-state index in [0.717, 1.165) is 9.75 Å². The number of hydrogen-bond acceptors (Lipinski definition) is 8. The lowest BCUT2D eigenvalue weighted by atomic mass is 10.0. The van der Waals surface area contributed by atoms with E-state index in [9.17, 15) is 14.4 Å². The van der Waals surface area contributed by atoms with Gasteiger partial charge in [-0.25, -0.2) is 0 Å². The highest BCUT2D eigenvalue weighted by Gasteiger charge is 2.19. The van der Waals surface area contributed by atoms with Crippen LogP contribution in [0.2, 0.25) is 0 Å². The van der Waals surface area contributed by atoms with Crippen molar-refractivity contribution in [1.82, 2.24) is 0 Å². The topological polar surface area (TPSA) is 91.7 Å². The molecule has 3 rings (SSSR count). The fourth-order valence-corrected chi connectivity index (χ4v) is 3.74. The van der Waals surface area contributed by atoms with Crippen molar-refractivity contribution in [2.45, 2.75) is 46.8 Å². The summed E-state index contributed by atoms with van der Waals surface area (Å²) in [4.78, 5) is 35.3. The largest absolute Gasteiger partial charge is 0.381 e. The molecule has 0 aliphatic carbocycles. The molecule has 0 aliphatic heterocycles. The number of carbonyl (C=O) groups excluding carboxylic acids is 3. The molecule has 0 bridgehead atoms. The average molecular weight is 555 g/mol. The maximum absolute atomic E-state index is 11.4. The summed E-state index contributed by atoms with van der Waals surface area (Å²) in [6.45, 7) is 7.74. The number of hydrogen-bond donors (Lipinski definition) is 2. The molecule has 0 aliphatic rings. The Morgan fingerprint density at radius 2 is 1.30 bits per heavy atom. The van der Waals surface area contributed by atoms with Gasteiger partial charge in [0.25, 0.3) is 0 Å². The van der Waals surface area contributed by atoms with E-state index < -0.39 is 18.1 Å². The zero-order valence-corrected chi connectivity index (χ0v) is 23.8. The lowest BCUT2D eigenvalue weighted by Gasteiger charge is -2.02. The molecular formula is C29H30O5S3. The number of carbonyl (C=O) groups is 3. The molecule has 3 heterocycles. The van der Waals surface area contributed by atoms with Crippen molar-refractivity contribution in [3.8, 4) is 36.0 Å². The molecule has 194 valence electrons. The first-order valence-electron chi connectivity index (χ1n) is 11.0. The lowest BCUT2D eigenvalue weighted by molar-refractivity contribution is -0.119. The van der Waals surface area contributed by atoms with E-state index in [4.69, 9.17) is 10.2 Å². The molecule has 37 heavy (non-hydrogen) atoms. The van der Waals surface area contributed by atoms with Crippen molar-refractivity contribution in [2.75, 3.05) is 0 Å². The third-order valence-electron chi connectivity index (χ3n) is 3.82.